The van der Waals surface area contributed by atoms with Crippen LogP contribution in [0.25, 0.3) is 0 Å². The number of ether oxygens (including phenoxy) is 1. The van der Waals surface area contributed by atoms with Crippen molar-refractivity contribution in [2.24, 2.45) is 0 Å². The predicted octanol–water partition coefficient (Wildman–Crippen LogP) is 2.20. The van der Waals surface area contributed by atoms with Crippen molar-refractivity contribution >= 4 is 5.69 Å². The second-order valence-electron chi connectivity index (χ2n) is 4.94. The number of aromatic hydroxyl groups is 1. The molecule has 24 heavy (non-hydrogen) atoms. The van der Waals surface area contributed by atoms with E-state index in [0.29, 0.717) is 24.5 Å². The third-order valence-electron chi connectivity index (χ3n) is 3.40. The number of nitriles is 1. The average Bonchev–Trinajstić information content (AvgIpc) is 3.15. The molecule has 0 aliphatic rings. The summed E-state index contributed by atoms with van der Waals surface area (Å²) in [6.07, 6.45) is 3.13. The van der Waals surface area contributed by atoms with E-state index in [-0.39, 0.29) is 5.75 Å². The average molecular weight is 321 g/mol. The second-order valence-corrected chi connectivity index (χ2v) is 4.94. The number of aromatic nitrogens is 3. The Morgan fingerprint density at radius 1 is 1.08 bits per heavy atom. The Bertz CT molecular complexity index is 825. The van der Waals surface area contributed by atoms with E-state index in [2.05, 4.69) is 16.3 Å². The van der Waals surface area contributed by atoms with Crippen molar-refractivity contribution in [3.05, 3.63) is 66.7 Å². The molecule has 120 valence electrons. The largest absolute Gasteiger partial charge is 0.508 e. The van der Waals surface area contributed by atoms with Gasteiger partial charge in [0.2, 0.25) is 0 Å². The molecule has 0 amide bonds. The van der Waals surface area contributed by atoms with E-state index in [1.54, 1.807) is 47.7 Å². The van der Waals surface area contributed by atoms with E-state index >= 15 is 0 Å². The van der Waals surface area contributed by atoms with Crippen molar-refractivity contribution in [1.82, 2.24) is 14.9 Å². The van der Waals surface area contributed by atoms with Crippen LogP contribution >= 0.6 is 0 Å². The highest BCUT2D eigenvalue weighted by Gasteiger charge is 2.13. The number of nitrogens with zero attached hydrogens (tertiary/aromatic N) is 5. The Hall–Kier alpha value is -3.53. The highest BCUT2D eigenvalue weighted by Crippen LogP contribution is 2.20. The highest BCUT2D eigenvalue weighted by molar-refractivity contribution is 5.58. The maximum atomic E-state index is 9.32. The van der Waals surface area contributed by atoms with Crippen molar-refractivity contribution in [3.63, 3.8) is 0 Å². The number of phenolic OH excluding ortho intramolecular Hbond substituents is 1. The van der Waals surface area contributed by atoms with E-state index < -0.39 is 0 Å². The van der Waals surface area contributed by atoms with Crippen LogP contribution in [0.1, 0.15) is 5.56 Å². The quantitative estimate of drug-likeness (QED) is 0.749. The molecular formula is C17H15N5O2. The lowest BCUT2D eigenvalue weighted by atomic mass is 10.2. The topological polar surface area (TPSA) is 87.2 Å². The molecule has 0 aliphatic carbocycles. The lowest BCUT2D eigenvalue weighted by Gasteiger charge is -2.25. The molecule has 0 unspecified atom stereocenters. The van der Waals surface area contributed by atoms with Gasteiger partial charge in [0.15, 0.2) is 0 Å². The summed E-state index contributed by atoms with van der Waals surface area (Å²) in [6.45, 7) is 0.861. The summed E-state index contributed by atoms with van der Waals surface area (Å²) in [4.78, 5) is 0. The van der Waals surface area contributed by atoms with Crippen LogP contribution < -0.4 is 9.75 Å². The van der Waals surface area contributed by atoms with Crippen LogP contribution in [0.4, 0.5) is 5.69 Å². The van der Waals surface area contributed by atoms with Gasteiger partial charge in [0, 0.05) is 0 Å². The zero-order chi connectivity index (χ0) is 16.8. The van der Waals surface area contributed by atoms with Gasteiger partial charge in [-0.1, -0.05) is 12.1 Å². The summed E-state index contributed by atoms with van der Waals surface area (Å²) in [6, 6.07) is 16.0. The number of rotatable bonds is 6. The van der Waals surface area contributed by atoms with E-state index in [1.807, 2.05) is 23.2 Å². The van der Waals surface area contributed by atoms with Gasteiger partial charge < -0.3 is 9.84 Å². The number of benzene rings is 2. The first kappa shape index (κ1) is 15.4. The molecule has 0 saturated heterocycles. The van der Waals surface area contributed by atoms with Crippen molar-refractivity contribution < 1.29 is 9.84 Å². The van der Waals surface area contributed by atoms with Crippen LogP contribution in [-0.4, -0.2) is 33.1 Å². The molecule has 1 N–H and O–H groups in total. The second kappa shape index (κ2) is 7.15. The summed E-state index contributed by atoms with van der Waals surface area (Å²) in [7, 11) is 0. The Labute approximate surface area is 138 Å². The van der Waals surface area contributed by atoms with Gasteiger partial charge in [0.1, 0.15) is 36.8 Å². The molecule has 0 saturated carbocycles. The minimum Gasteiger partial charge on any atom is -0.508 e. The van der Waals surface area contributed by atoms with E-state index in [4.69, 9.17) is 4.74 Å². The molecule has 1 heterocycles. The molecule has 0 fully saturated rings. The number of hydrogen-bond donors (Lipinski definition) is 1. The van der Waals surface area contributed by atoms with E-state index in [1.165, 1.54) is 0 Å². The predicted molar refractivity (Wildman–Crippen MR) is 87.5 cm³/mol. The maximum Gasteiger partial charge on any atom is 0.139 e. The third-order valence-corrected chi connectivity index (χ3v) is 3.40. The monoisotopic (exact) mass is 321 g/mol. The molecule has 0 bridgehead atoms. The van der Waals surface area contributed by atoms with Crippen molar-refractivity contribution in [2.75, 3.05) is 18.2 Å². The fourth-order valence-corrected chi connectivity index (χ4v) is 2.27. The first-order valence-electron chi connectivity index (χ1n) is 7.31. The van der Waals surface area contributed by atoms with Gasteiger partial charge in [-0.05, 0) is 36.4 Å². The molecular weight excluding hydrogens is 306 g/mol. The minimum absolute atomic E-state index is 0.191. The van der Waals surface area contributed by atoms with Crippen LogP contribution in [-0.2, 0) is 0 Å². The maximum absolute atomic E-state index is 9.32. The zero-order valence-corrected chi connectivity index (χ0v) is 12.8. The van der Waals surface area contributed by atoms with Crippen molar-refractivity contribution in [2.45, 2.75) is 0 Å². The Morgan fingerprint density at radius 2 is 1.79 bits per heavy atom. The molecule has 7 nitrogen and oxygen atoms in total. The normalized spacial score (nSPS) is 10.1. The molecule has 0 radical (unpaired) electrons. The first-order chi connectivity index (χ1) is 11.8. The standard InChI is InChI=1S/C17H15N5O2/c18-11-14-3-1-2-4-17(14)22(21-12-19-20-13-21)9-10-24-16-7-5-15(23)6-8-16/h1-8,12-13,23H,9-10H2. The summed E-state index contributed by atoms with van der Waals surface area (Å²) in [5.41, 5.74) is 1.30. The Balaban J connectivity index is 1.76. The fraction of sp³-hybridized carbons (Fsp3) is 0.118. The smallest absolute Gasteiger partial charge is 0.139 e. The van der Waals surface area contributed by atoms with Crippen LogP contribution in [0.5, 0.6) is 11.5 Å². The Morgan fingerprint density at radius 3 is 2.50 bits per heavy atom. The molecule has 3 rings (SSSR count). The fourth-order valence-electron chi connectivity index (χ4n) is 2.27. The molecule has 2 aromatic carbocycles. The first-order valence-corrected chi connectivity index (χ1v) is 7.31. The lowest BCUT2D eigenvalue weighted by molar-refractivity contribution is 0.319. The summed E-state index contributed by atoms with van der Waals surface area (Å²) >= 11 is 0. The van der Waals surface area contributed by atoms with Gasteiger partial charge >= 0.3 is 0 Å². The van der Waals surface area contributed by atoms with Crippen LogP contribution in [0, 0.1) is 11.3 Å². The molecule has 1 aromatic heterocycles. The van der Waals surface area contributed by atoms with Gasteiger partial charge in [0.25, 0.3) is 0 Å². The van der Waals surface area contributed by atoms with E-state index in [9.17, 15) is 10.4 Å². The van der Waals surface area contributed by atoms with Gasteiger partial charge in [-0.3, -0.25) is 5.01 Å². The summed E-state index contributed by atoms with van der Waals surface area (Å²) < 4.78 is 7.40. The minimum atomic E-state index is 0.191. The number of para-hydroxylation sites is 1. The van der Waals surface area contributed by atoms with Crippen LogP contribution in [0.15, 0.2) is 61.2 Å². The van der Waals surface area contributed by atoms with Crippen molar-refractivity contribution in [1.29, 1.82) is 5.26 Å². The van der Waals surface area contributed by atoms with Crippen LogP contribution in [0.3, 0.4) is 0 Å². The number of phenols is 1. The highest BCUT2D eigenvalue weighted by atomic mass is 16.5. The summed E-state index contributed by atoms with van der Waals surface area (Å²) in [5, 5.41) is 28.1. The van der Waals surface area contributed by atoms with Crippen LogP contribution in [0.2, 0.25) is 0 Å². The molecule has 0 atom stereocenters. The molecule has 7 heteroatoms. The zero-order valence-electron chi connectivity index (χ0n) is 12.8. The number of anilines is 1. The Kier molecular flexibility index (Phi) is 4.58. The van der Waals surface area contributed by atoms with Gasteiger partial charge in [0.05, 0.1) is 17.8 Å². The van der Waals surface area contributed by atoms with Crippen molar-refractivity contribution in [3.8, 4) is 17.6 Å². The SMILES string of the molecule is N#Cc1ccccc1N(CCOc1ccc(O)cc1)n1cnnc1. The molecule has 0 aliphatic heterocycles. The summed E-state index contributed by atoms with van der Waals surface area (Å²) in [5.74, 6) is 0.849. The molecule has 0 spiro atoms. The van der Waals surface area contributed by atoms with E-state index in [0.717, 1.165) is 5.69 Å². The lowest BCUT2D eigenvalue weighted by Crippen LogP contribution is -2.33. The van der Waals surface area contributed by atoms with Gasteiger partial charge in [-0.15, -0.1) is 10.2 Å². The third kappa shape index (κ3) is 3.44. The molecule has 3 aromatic rings. The number of hydrogen-bond acceptors (Lipinski definition) is 6. The van der Waals surface area contributed by atoms with Gasteiger partial charge in [-0.2, -0.15) is 5.26 Å². The van der Waals surface area contributed by atoms with Gasteiger partial charge in [-0.25, -0.2) is 4.68 Å².